The zero-order valence-electron chi connectivity index (χ0n) is 15.0. The van der Waals surface area contributed by atoms with Gasteiger partial charge in [0.05, 0.1) is 12.2 Å². The van der Waals surface area contributed by atoms with Gasteiger partial charge in [-0.2, -0.15) is 5.10 Å². The monoisotopic (exact) mass is 328 g/mol. The van der Waals surface area contributed by atoms with Crippen molar-refractivity contribution >= 4 is 5.91 Å². The number of amides is 1. The fourth-order valence-corrected chi connectivity index (χ4v) is 2.87. The smallest absolute Gasteiger partial charge is 0.251 e. The molecule has 1 unspecified atom stereocenters. The van der Waals surface area contributed by atoms with Crippen LogP contribution < -0.4 is 11.1 Å². The molecule has 2 rings (SSSR count). The van der Waals surface area contributed by atoms with Crippen LogP contribution in [-0.2, 0) is 6.54 Å². The third-order valence-electron chi connectivity index (χ3n) is 4.00. The van der Waals surface area contributed by atoms with Crippen molar-refractivity contribution in [2.24, 2.45) is 11.7 Å². The number of carbonyl (C=O) groups is 1. The number of hydrogen-bond acceptors (Lipinski definition) is 3. The summed E-state index contributed by atoms with van der Waals surface area (Å²) in [5.41, 5.74) is 9.61. The first kappa shape index (κ1) is 18.2. The molecule has 5 nitrogen and oxygen atoms in total. The van der Waals surface area contributed by atoms with Crippen LogP contribution in [0.2, 0.25) is 0 Å². The third kappa shape index (κ3) is 4.93. The highest BCUT2D eigenvalue weighted by Gasteiger charge is 2.14. The van der Waals surface area contributed by atoms with Crippen LogP contribution in [0, 0.1) is 19.8 Å². The molecule has 0 radical (unpaired) electrons. The predicted octanol–water partition coefficient (Wildman–Crippen LogP) is 2.65. The van der Waals surface area contributed by atoms with Crippen molar-refractivity contribution in [1.29, 1.82) is 0 Å². The van der Waals surface area contributed by atoms with Gasteiger partial charge in [0.2, 0.25) is 0 Å². The molecule has 24 heavy (non-hydrogen) atoms. The Morgan fingerprint density at radius 2 is 2.04 bits per heavy atom. The highest BCUT2D eigenvalue weighted by molar-refractivity contribution is 5.94. The lowest BCUT2D eigenvalue weighted by Crippen LogP contribution is -2.41. The minimum Gasteiger partial charge on any atom is -0.348 e. The van der Waals surface area contributed by atoms with Gasteiger partial charge >= 0.3 is 0 Å². The summed E-state index contributed by atoms with van der Waals surface area (Å²) in [7, 11) is 0. The highest BCUT2D eigenvalue weighted by atomic mass is 16.1. The van der Waals surface area contributed by atoms with Gasteiger partial charge in [0.25, 0.3) is 5.91 Å². The molecule has 0 saturated heterocycles. The molecule has 130 valence electrons. The lowest BCUT2D eigenvalue weighted by atomic mass is 10.0. The van der Waals surface area contributed by atoms with Crippen molar-refractivity contribution < 1.29 is 4.79 Å². The maximum absolute atomic E-state index is 12.5. The lowest BCUT2D eigenvalue weighted by molar-refractivity contribution is 0.0933. The first-order valence-electron chi connectivity index (χ1n) is 8.50. The van der Waals surface area contributed by atoms with E-state index in [2.05, 4.69) is 24.3 Å². The summed E-state index contributed by atoms with van der Waals surface area (Å²) in [6, 6.07) is 9.75. The van der Waals surface area contributed by atoms with Gasteiger partial charge in [-0.25, -0.2) is 0 Å². The molecule has 1 heterocycles. The van der Waals surface area contributed by atoms with E-state index in [9.17, 15) is 4.79 Å². The van der Waals surface area contributed by atoms with E-state index >= 15 is 0 Å². The Kier molecular flexibility index (Phi) is 6.15. The Labute approximate surface area is 144 Å². The number of rotatable bonds is 7. The van der Waals surface area contributed by atoms with Crippen molar-refractivity contribution in [2.45, 2.75) is 46.7 Å². The van der Waals surface area contributed by atoms with Crippen LogP contribution in [0.25, 0.3) is 0 Å². The quantitative estimate of drug-likeness (QED) is 0.820. The van der Waals surface area contributed by atoms with Gasteiger partial charge in [-0.1, -0.05) is 26.0 Å². The number of nitrogens with one attached hydrogen (secondary N) is 1. The minimum absolute atomic E-state index is 0.0113. The molecule has 0 aliphatic rings. The minimum atomic E-state index is -0.0682. The zero-order valence-corrected chi connectivity index (χ0v) is 15.0. The van der Waals surface area contributed by atoms with Crippen LogP contribution in [-0.4, -0.2) is 28.3 Å². The molecule has 2 aromatic rings. The van der Waals surface area contributed by atoms with E-state index in [-0.39, 0.29) is 11.9 Å². The third-order valence-corrected chi connectivity index (χ3v) is 4.00. The molecule has 1 atom stereocenters. The fraction of sp³-hybridized carbons (Fsp3) is 0.474. The molecule has 0 aliphatic carbocycles. The summed E-state index contributed by atoms with van der Waals surface area (Å²) in [6.07, 6.45) is 0.883. The van der Waals surface area contributed by atoms with Crippen LogP contribution in [0.5, 0.6) is 0 Å². The first-order valence-corrected chi connectivity index (χ1v) is 8.50. The van der Waals surface area contributed by atoms with Gasteiger partial charge in [-0.15, -0.1) is 0 Å². The molecule has 0 aliphatic heterocycles. The summed E-state index contributed by atoms with van der Waals surface area (Å²) in [5, 5.41) is 7.51. The second-order valence-electron chi connectivity index (χ2n) is 6.82. The van der Waals surface area contributed by atoms with Gasteiger partial charge in [0.15, 0.2) is 0 Å². The van der Waals surface area contributed by atoms with Crippen LogP contribution in [0.3, 0.4) is 0 Å². The molecule has 0 spiro atoms. The van der Waals surface area contributed by atoms with Crippen molar-refractivity contribution in [3.05, 3.63) is 52.8 Å². The topological polar surface area (TPSA) is 72.9 Å². The average molecular weight is 328 g/mol. The number of nitrogens with two attached hydrogens (primary N) is 1. The molecule has 0 saturated carbocycles. The van der Waals surface area contributed by atoms with Crippen molar-refractivity contribution in [1.82, 2.24) is 15.1 Å². The molecule has 3 N–H and O–H groups in total. The predicted molar refractivity (Wildman–Crippen MR) is 97.0 cm³/mol. The van der Waals surface area contributed by atoms with Crippen LogP contribution in [0.4, 0.5) is 0 Å². The summed E-state index contributed by atoms with van der Waals surface area (Å²) in [5.74, 6) is 0.428. The molecular weight excluding hydrogens is 300 g/mol. The summed E-state index contributed by atoms with van der Waals surface area (Å²) in [4.78, 5) is 12.5. The average Bonchev–Trinajstić information content (AvgIpc) is 2.84. The SMILES string of the molecule is Cc1cc(C)n(Cc2cccc(C(=O)NC(CN)CC(C)C)c2)n1. The van der Waals surface area contributed by atoms with Crippen molar-refractivity contribution in [3.63, 3.8) is 0 Å². The van der Waals surface area contributed by atoms with Crippen LogP contribution >= 0.6 is 0 Å². The van der Waals surface area contributed by atoms with Gasteiger partial charge in [-0.05, 0) is 49.9 Å². The Morgan fingerprint density at radius 1 is 1.29 bits per heavy atom. The number of carbonyl (C=O) groups excluding carboxylic acids is 1. The fourth-order valence-electron chi connectivity index (χ4n) is 2.87. The number of aryl methyl sites for hydroxylation is 2. The van der Waals surface area contributed by atoms with E-state index in [0.29, 0.717) is 24.6 Å². The maximum atomic E-state index is 12.5. The van der Waals surface area contributed by atoms with Gasteiger partial charge in [0.1, 0.15) is 0 Å². The van der Waals surface area contributed by atoms with E-state index in [1.165, 1.54) is 0 Å². The second kappa shape index (κ2) is 8.11. The number of nitrogens with zero attached hydrogens (tertiary/aromatic N) is 2. The Bertz CT molecular complexity index is 690. The maximum Gasteiger partial charge on any atom is 0.251 e. The molecule has 1 aromatic carbocycles. The largest absolute Gasteiger partial charge is 0.348 e. The number of hydrogen-bond donors (Lipinski definition) is 2. The number of aromatic nitrogens is 2. The molecule has 5 heteroatoms. The van der Waals surface area contributed by atoms with Crippen LogP contribution in [0.15, 0.2) is 30.3 Å². The Balaban J connectivity index is 2.09. The van der Waals surface area contributed by atoms with Crippen LogP contribution in [0.1, 0.15) is 47.6 Å². The number of benzene rings is 1. The molecular formula is C19H28N4O. The Hall–Kier alpha value is -2.14. The highest BCUT2D eigenvalue weighted by Crippen LogP contribution is 2.11. The first-order chi connectivity index (χ1) is 11.4. The van der Waals surface area contributed by atoms with E-state index in [0.717, 1.165) is 23.4 Å². The molecule has 1 aromatic heterocycles. The molecule has 1 amide bonds. The normalized spacial score (nSPS) is 12.4. The summed E-state index contributed by atoms with van der Waals surface area (Å²) in [6.45, 7) is 9.39. The Morgan fingerprint density at radius 3 is 2.62 bits per heavy atom. The van der Waals surface area contributed by atoms with Crippen molar-refractivity contribution in [3.8, 4) is 0 Å². The standard InChI is InChI=1S/C19H28N4O/c1-13(2)8-18(11-20)21-19(24)17-7-5-6-16(10-17)12-23-15(4)9-14(3)22-23/h5-7,9-10,13,18H,8,11-12,20H2,1-4H3,(H,21,24). The summed E-state index contributed by atoms with van der Waals surface area (Å²) < 4.78 is 1.95. The zero-order chi connectivity index (χ0) is 17.7. The molecule has 0 bridgehead atoms. The van der Waals surface area contributed by atoms with E-state index in [1.54, 1.807) is 0 Å². The van der Waals surface area contributed by atoms with Gasteiger partial charge < -0.3 is 11.1 Å². The van der Waals surface area contributed by atoms with Gasteiger partial charge in [0, 0.05) is 23.8 Å². The lowest BCUT2D eigenvalue weighted by Gasteiger charge is -2.19. The van der Waals surface area contributed by atoms with E-state index in [4.69, 9.17) is 5.73 Å². The van der Waals surface area contributed by atoms with Crippen molar-refractivity contribution in [2.75, 3.05) is 6.54 Å². The second-order valence-corrected chi connectivity index (χ2v) is 6.82. The molecule has 0 fully saturated rings. The summed E-state index contributed by atoms with van der Waals surface area (Å²) >= 11 is 0. The van der Waals surface area contributed by atoms with E-state index in [1.807, 2.05) is 48.9 Å². The van der Waals surface area contributed by atoms with E-state index < -0.39 is 0 Å². The van der Waals surface area contributed by atoms with Gasteiger partial charge in [-0.3, -0.25) is 9.48 Å².